The van der Waals surface area contributed by atoms with Gasteiger partial charge in [0.15, 0.2) is 18.0 Å². The SMILES string of the molecule is CC[C@H]1OC(=O)[C@H](C)[C@H]2OCC(N)CO[C@](C)(C[C@@H](C)C(=O)[C@H](C)[C@@H]3NC(=O)O[C@]13C)[C@H](O[C@@H]1O[C@H](C)C[C@H](N(C)C)[C@H]1OC(C)=O)[C@@H]2C. The number of likely N-dealkylation sites (N-methyl/N-ethyl adjacent to an activating group) is 1. The normalized spacial score (nSPS) is 45.6. The van der Waals surface area contributed by atoms with Crippen LogP contribution in [0.1, 0.15) is 81.6 Å². The van der Waals surface area contributed by atoms with Crippen molar-refractivity contribution in [2.45, 2.75) is 148 Å². The lowest BCUT2D eigenvalue weighted by molar-refractivity contribution is -0.304. The Morgan fingerprint density at radius 1 is 1.06 bits per heavy atom. The van der Waals surface area contributed by atoms with Gasteiger partial charge in [0.25, 0.3) is 0 Å². The molecule has 0 aromatic carbocycles. The molecule has 4 heterocycles. The van der Waals surface area contributed by atoms with E-state index < -0.39 is 95.7 Å². The number of alkyl carbamates (subject to hydrolysis) is 1. The molecule has 14 heteroatoms. The van der Waals surface area contributed by atoms with E-state index >= 15 is 0 Å². The minimum Gasteiger partial charge on any atom is -0.458 e. The van der Waals surface area contributed by atoms with Gasteiger partial charge in [-0.3, -0.25) is 14.4 Å². The number of ether oxygens (including phenoxy) is 7. The van der Waals surface area contributed by atoms with E-state index in [0.717, 1.165) is 0 Å². The van der Waals surface area contributed by atoms with Crippen molar-refractivity contribution in [3.63, 3.8) is 0 Å². The fraction of sp³-hybridized carbons (Fsp3) is 0.886. The summed E-state index contributed by atoms with van der Waals surface area (Å²) in [5.74, 6) is -3.81. The summed E-state index contributed by atoms with van der Waals surface area (Å²) in [6.45, 7) is 16.1. The van der Waals surface area contributed by atoms with Crippen molar-refractivity contribution < 1.29 is 52.3 Å². The third kappa shape index (κ3) is 8.25. The molecule has 4 fully saturated rings. The Morgan fingerprint density at radius 3 is 2.35 bits per heavy atom. The number of carbonyl (C=O) groups is 4. The van der Waals surface area contributed by atoms with Crippen LogP contribution in [0.2, 0.25) is 0 Å². The van der Waals surface area contributed by atoms with Gasteiger partial charge in [0, 0.05) is 24.7 Å². The Bertz CT molecular complexity index is 1220. The van der Waals surface area contributed by atoms with E-state index in [9.17, 15) is 19.2 Å². The number of rotatable bonds is 5. The van der Waals surface area contributed by atoms with Crippen molar-refractivity contribution >= 4 is 23.8 Å². The predicted octanol–water partition coefficient (Wildman–Crippen LogP) is 2.58. The fourth-order valence-corrected chi connectivity index (χ4v) is 8.45. The van der Waals surface area contributed by atoms with Gasteiger partial charge in [-0.25, -0.2) is 4.79 Å². The molecular weight excluding hydrogens is 638 g/mol. The van der Waals surface area contributed by atoms with Crippen LogP contribution in [0, 0.1) is 23.7 Å². The van der Waals surface area contributed by atoms with Crippen molar-refractivity contribution in [3.05, 3.63) is 0 Å². The Balaban J connectivity index is 1.85. The smallest absolute Gasteiger partial charge is 0.408 e. The van der Waals surface area contributed by atoms with Crippen LogP contribution < -0.4 is 11.1 Å². The van der Waals surface area contributed by atoms with Crippen molar-refractivity contribution in [1.82, 2.24) is 10.2 Å². The van der Waals surface area contributed by atoms with Crippen LogP contribution in [0.4, 0.5) is 4.79 Å². The molecule has 0 saturated carbocycles. The number of esters is 2. The molecule has 4 saturated heterocycles. The lowest BCUT2D eigenvalue weighted by Gasteiger charge is -2.49. The molecule has 2 bridgehead atoms. The van der Waals surface area contributed by atoms with Crippen LogP contribution >= 0.6 is 0 Å². The van der Waals surface area contributed by atoms with Gasteiger partial charge >= 0.3 is 18.0 Å². The number of hydrogen-bond acceptors (Lipinski definition) is 13. The molecule has 4 aliphatic rings. The summed E-state index contributed by atoms with van der Waals surface area (Å²) in [5, 5.41) is 2.82. The van der Waals surface area contributed by atoms with Gasteiger partial charge in [-0.15, -0.1) is 0 Å². The van der Waals surface area contributed by atoms with Crippen LogP contribution in [-0.2, 0) is 47.5 Å². The molecule has 49 heavy (non-hydrogen) atoms. The second-order valence-corrected chi connectivity index (χ2v) is 15.4. The third-order valence-electron chi connectivity index (χ3n) is 11.0. The summed E-state index contributed by atoms with van der Waals surface area (Å²) in [6, 6.07) is -1.52. The monoisotopic (exact) mass is 697 g/mol. The lowest BCUT2D eigenvalue weighted by atomic mass is 9.73. The number of carbonyl (C=O) groups excluding carboxylic acids is 4. The molecule has 0 radical (unpaired) electrons. The first kappa shape index (κ1) is 39.4. The summed E-state index contributed by atoms with van der Waals surface area (Å²) < 4.78 is 44.2. The molecule has 4 aliphatic heterocycles. The maximum absolute atomic E-state index is 14.3. The Kier molecular flexibility index (Phi) is 12.5. The van der Waals surface area contributed by atoms with E-state index in [1.165, 1.54) is 6.92 Å². The number of ketones is 1. The average molecular weight is 698 g/mol. The summed E-state index contributed by atoms with van der Waals surface area (Å²) in [4.78, 5) is 55.4. The van der Waals surface area contributed by atoms with Gasteiger partial charge in [-0.2, -0.15) is 0 Å². The van der Waals surface area contributed by atoms with Crippen molar-refractivity contribution in [2.24, 2.45) is 29.4 Å². The molecule has 1 unspecified atom stereocenters. The maximum Gasteiger partial charge on any atom is 0.408 e. The number of Topliss-reactive ketones (excluding diaryl/α,β-unsaturated/α-hetero) is 1. The van der Waals surface area contributed by atoms with E-state index in [-0.39, 0.29) is 37.6 Å². The molecule has 3 N–H and O–H groups in total. The quantitative estimate of drug-likeness (QED) is 0.317. The average Bonchev–Trinajstić information content (AvgIpc) is 3.35. The molecule has 0 spiro atoms. The lowest BCUT2D eigenvalue weighted by Crippen LogP contribution is -2.61. The van der Waals surface area contributed by atoms with Crippen LogP contribution in [0.25, 0.3) is 0 Å². The molecule has 4 rings (SSSR count). The first-order valence-electron chi connectivity index (χ1n) is 17.7. The Labute approximate surface area is 290 Å². The molecule has 1 amide bonds. The zero-order valence-electron chi connectivity index (χ0n) is 31.1. The first-order valence-corrected chi connectivity index (χ1v) is 17.7. The number of nitrogens with one attached hydrogen (secondary N) is 1. The van der Waals surface area contributed by atoms with Crippen molar-refractivity contribution in [2.75, 3.05) is 27.3 Å². The molecular formula is C35H59N3O11. The van der Waals surface area contributed by atoms with Crippen LogP contribution in [0.15, 0.2) is 0 Å². The number of fused-ring (bicyclic) bond motifs is 4. The molecule has 0 aromatic heterocycles. The number of cyclic esters (lactones) is 1. The highest BCUT2D eigenvalue weighted by molar-refractivity contribution is 5.85. The summed E-state index contributed by atoms with van der Waals surface area (Å²) in [7, 11) is 3.82. The van der Waals surface area contributed by atoms with Gasteiger partial charge in [-0.05, 0) is 61.1 Å². The minimum absolute atomic E-state index is 0.0865. The van der Waals surface area contributed by atoms with Gasteiger partial charge in [0.05, 0.1) is 61.2 Å². The highest BCUT2D eigenvalue weighted by Gasteiger charge is 2.58. The van der Waals surface area contributed by atoms with Crippen LogP contribution in [0.3, 0.4) is 0 Å². The standard InChI is InChI=1S/C35H59N3O11/c1-12-25-35(9)29(37-33(42)49-35)19(4)26(40)17(2)14-34(8)30(20(5)27(21(6)31(41)47-25)43-15-23(36)16-44-34)48-32-28(46-22(7)39)24(38(10)11)13-18(3)45-32/h17-21,23-25,27-30,32H,12-16,36H2,1-11H3,(H,37,42)/t17-,18-,19+,20-,21-,23?,24+,25-,27+,28-,29+,30-,32+,34-,35-/m1/s1. The number of nitrogens with two attached hydrogens (primary N) is 1. The molecule has 0 aliphatic carbocycles. The van der Waals surface area contributed by atoms with E-state index in [0.29, 0.717) is 12.8 Å². The minimum atomic E-state index is -1.30. The second-order valence-electron chi connectivity index (χ2n) is 15.4. The highest BCUT2D eigenvalue weighted by Crippen LogP contribution is 2.42. The highest BCUT2D eigenvalue weighted by atomic mass is 16.7. The third-order valence-corrected chi connectivity index (χ3v) is 11.0. The number of nitrogens with zero attached hydrogens (tertiary/aromatic N) is 1. The second kappa shape index (κ2) is 15.5. The zero-order valence-corrected chi connectivity index (χ0v) is 31.1. The summed E-state index contributed by atoms with van der Waals surface area (Å²) >= 11 is 0. The molecule has 0 aromatic rings. The van der Waals surface area contributed by atoms with E-state index in [1.54, 1.807) is 20.8 Å². The fourth-order valence-electron chi connectivity index (χ4n) is 8.45. The van der Waals surface area contributed by atoms with Crippen molar-refractivity contribution in [3.8, 4) is 0 Å². The van der Waals surface area contributed by atoms with Gasteiger partial charge in [0.1, 0.15) is 11.9 Å². The molecule has 15 atom stereocenters. The van der Waals surface area contributed by atoms with Gasteiger partial charge < -0.3 is 49.1 Å². The van der Waals surface area contributed by atoms with Crippen LogP contribution in [-0.4, -0.2) is 122 Å². The Morgan fingerprint density at radius 2 is 1.73 bits per heavy atom. The van der Waals surface area contributed by atoms with Crippen LogP contribution in [0.5, 0.6) is 0 Å². The van der Waals surface area contributed by atoms with E-state index in [2.05, 4.69) is 5.32 Å². The van der Waals surface area contributed by atoms with E-state index in [4.69, 9.17) is 38.9 Å². The summed E-state index contributed by atoms with van der Waals surface area (Å²) in [5.41, 5.74) is 4.01. The zero-order chi connectivity index (χ0) is 36.6. The van der Waals surface area contributed by atoms with Gasteiger partial charge in [-0.1, -0.05) is 27.7 Å². The first-order chi connectivity index (χ1) is 22.8. The topological polar surface area (TPSA) is 174 Å². The Hall–Kier alpha value is -2.36. The van der Waals surface area contributed by atoms with Gasteiger partial charge in [0.2, 0.25) is 0 Å². The summed E-state index contributed by atoms with van der Waals surface area (Å²) in [6.07, 6.45) is -4.02. The predicted molar refractivity (Wildman–Crippen MR) is 177 cm³/mol. The van der Waals surface area contributed by atoms with Crippen molar-refractivity contribution in [1.29, 1.82) is 0 Å². The largest absolute Gasteiger partial charge is 0.458 e. The maximum atomic E-state index is 14.3. The number of amides is 1. The van der Waals surface area contributed by atoms with E-state index in [1.807, 2.05) is 53.6 Å². The molecule has 14 nitrogen and oxygen atoms in total. The molecule has 280 valence electrons. The number of hydrogen-bond donors (Lipinski definition) is 2.